The fourth-order valence-electron chi connectivity index (χ4n) is 1.65. The van der Waals surface area contributed by atoms with Gasteiger partial charge in [-0.2, -0.15) is 0 Å². The average Bonchev–Trinajstić information content (AvgIpc) is 1.99. The minimum atomic E-state index is 0.242. The Morgan fingerprint density at radius 1 is 0.800 bits per heavy atom. The van der Waals surface area contributed by atoms with Crippen molar-refractivity contribution in [3.8, 4) is 0 Å². The summed E-state index contributed by atoms with van der Waals surface area (Å²) in [5, 5.41) is 0.484. The number of rotatable bonds is 2. The van der Waals surface area contributed by atoms with Crippen LogP contribution < -0.4 is 0 Å². The van der Waals surface area contributed by atoms with E-state index in [9.17, 15) is 0 Å². The van der Waals surface area contributed by atoms with Gasteiger partial charge < -0.3 is 0 Å². The molecule has 0 nitrogen and oxygen atoms in total. The van der Waals surface area contributed by atoms with Gasteiger partial charge >= 0.3 is 0 Å². The molecule has 0 unspecified atom stereocenters. The standard InChI is InChI=1S/C13H22B2/c1-9-6-10(12(2,3)14)8-11(7-9)13(4,5)15/h6-8H,14-15H2,1-5H3. The molecule has 0 N–H and O–H groups in total. The van der Waals surface area contributed by atoms with Gasteiger partial charge in [-0.15, -0.1) is 0 Å². The topological polar surface area (TPSA) is 0 Å². The van der Waals surface area contributed by atoms with E-state index in [4.69, 9.17) is 0 Å². The van der Waals surface area contributed by atoms with Crippen molar-refractivity contribution in [2.45, 2.75) is 45.2 Å². The quantitative estimate of drug-likeness (QED) is 0.637. The first-order chi connectivity index (χ1) is 6.60. The van der Waals surface area contributed by atoms with Gasteiger partial charge in [0.2, 0.25) is 0 Å². The highest BCUT2D eigenvalue weighted by atomic mass is 14.2. The maximum Gasteiger partial charge on any atom is 0.114 e. The fourth-order valence-corrected chi connectivity index (χ4v) is 1.65. The minimum absolute atomic E-state index is 0.242. The van der Waals surface area contributed by atoms with E-state index >= 15 is 0 Å². The van der Waals surface area contributed by atoms with Crippen LogP contribution in [0.5, 0.6) is 0 Å². The summed E-state index contributed by atoms with van der Waals surface area (Å²) in [6.45, 7) is 11.3. The van der Waals surface area contributed by atoms with Crippen molar-refractivity contribution in [3.05, 3.63) is 34.9 Å². The lowest BCUT2D eigenvalue weighted by Crippen LogP contribution is -2.21. The van der Waals surface area contributed by atoms with E-state index in [1.165, 1.54) is 16.7 Å². The molecule has 1 aromatic carbocycles. The van der Waals surface area contributed by atoms with Gasteiger partial charge in [-0.25, -0.2) is 0 Å². The van der Waals surface area contributed by atoms with Crippen molar-refractivity contribution in [3.63, 3.8) is 0 Å². The molecule has 0 aliphatic heterocycles. The molecule has 0 aliphatic rings. The van der Waals surface area contributed by atoms with E-state index in [1.54, 1.807) is 0 Å². The molecule has 1 aromatic rings. The number of hydrogen-bond acceptors (Lipinski definition) is 0. The number of hydrogen-bond donors (Lipinski definition) is 0. The third kappa shape index (κ3) is 3.15. The van der Waals surface area contributed by atoms with Crippen LogP contribution >= 0.6 is 0 Å². The molecule has 0 aromatic heterocycles. The molecular weight excluding hydrogens is 178 g/mol. The molecule has 0 atom stereocenters. The van der Waals surface area contributed by atoms with E-state index in [0.29, 0.717) is 0 Å². The summed E-state index contributed by atoms with van der Waals surface area (Å²) in [5.41, 5.74) is 4.24. The first-order valence-corrected chi connectivity index (χ1v) is 5.73. The second-order valence-electron chi connectivity index (χ2n) is 6.59. The van der Waals surface area contributed by atoms with E-state index in [1.807, 2.05) is 0 Å². The monoisotopic (exact) mass is 200 g/mol. The van der Waals surface area contributed by atoms with E-state index in [-0.39, 0.29) is 10.6 Å². The average molecular weight is 200 g/mol. The zero-order valence-corrected chi connectivity index (χ0v) is 11.2. The van der Waals surface area contributed by atoms with Gasteiger partial charge in [0.25, 0.3) is 0 Å². The molecule has 15 heavy (non-hydrogen) atoms. The van der Waals surface area contributed by atoms with Crippen LogP contribution in [0.25, 0.3) is 0 Å². The molecular formula is C13H22B2. The maximum absolute atomic E-state index is 2.35. The van der Waals surface area contributed by atoms with E-state index < -0.39 is 0 Å². The zero-order chi connectivity index (χ0) is 11.9. The minimum Gasteiger partial charge on any atom is -0.0632 e. The van der Waals surface area contributed by atoms with Crippen LogP contribution in [-0.2, 0) is 10.6 Å². The largest absolute Gasteiger partial charge is 0.114 e. The van der Waals surface area contributed by atoms with Crippen molar-refractivity contribution in [2.75, 3.05) is 0 Å². The van der Waals surface area contributed by atoms with Crippen LogP contribution in [0, 0.1) is 6.92 Å². The van der Waals surface area contributed by atoms with Crippen molar-refractivity contribution in [1.82, 2.24) is 0 Å². The molecule has 80 valence electrons. The molecule has 0 saturated heterocycles. The summed E-state index contributed by atoms with van der Waals surface area (Å²) in [5.74, 6) is 0. The van der Waals surface area contributed by atoms with E-state index in [2.05, 4.69) is 68.5 Å². The molecule has 0 saturated carbocycles. The van der Waals surface area contributed by atoms with E-state index in [0.717, 1.165) is 0 Å². The Bertz CT molecular complexity index is 322. The van der Waals surface area contributed by atoms with Crippen LogP contribution in [-0.4, -0.2) is 15.7 Å². The third-order valence-electron chi connectivity index (χ3n) is 2.81. The zero-order valence-electron chi connectivity index (χ0n) is 11.2. The molecule has 0 spiro atoms. The Balaban J connectivity index is 3.30. The predicted octanol–water partition coefficient (Wildman–Crippen LogP) is 1.73. The summed E-state index contributed by atoms with van der Waals surface area (Å²) in [4.78, 5) is 0. The van der Waals surface area contributed by atoms with Crippen LogP contribution in [0.2, 0.25) is 0 Å². The lowest BCUT2D eigenvalue weighted by molar-refractivity contribution is 0.733. The molecule has 0 bridgehead atoms. The molecule has 2 heteroatoms. The number of benzene rings is 1. The second kappa shape index (κ2) is 3.73. The summed E-state index contributed by atoms with van der Waals surface area (Å²) in [7, 11) is 4.54. The Labute approximate surface area is 96.3 Å². The van der Waals surface area contributed by atoms with Gasteiger partial charge in [0.05, 0.1) is 0 Å². The summed E-state index contributed by atoms with van der Waals surface area (Å²) in [6.07, 6.45) is 0. The maximum atomic E-state index is 2.35. The summed E-state index contributed by atoms with van der Waals surface area (Å²) >= 11 is 0. The lowest BCUT2D eigenvalue weighted by Gasteiger charge is -2.25. The fraction of sp³-hybridized carbons (Fsp3) is 0.538. The lowest BCUT2D eigenvalue weighted by atomic mass is 9.63. The van der Waals surface area contributed by atoms with Gasteiger partial charge in [-0.05, 0) is 28.7 Å². The van der Waals surface area contributed by atoms with Gasteiger partial charge in [-0.1, -0.05) is 51.5 Å². The van der Waals surface area contributed by atoms with Gasteiger partial charge in [0.15, 0.2) is 0 Å². The molecule has 1 rings (SSSR count). The number of aryl methyl sites for hydroxylation is 1. The second-order valence-corrected chi connectivity index (χ2v) is 6.59. The Kier molecular flexibility index (Phi) is 3.09. The van der Waals surface area contributed by atoms with Crippen LogP contribution in [0.3, 0.4) is 0 Å². The van der Waals surface area contributed by atoms with Crippen molar-refractivity contribution >= 4 is 15.7 Å². The highest BCUT2D eigenvalue weighted by Crippen LogP contribution is 2.27. The molecule has 0 radical (unpaired) electrons. The predicted molar refractivity (Wildman–Crippen MR) is 74.3 cm³/mol. The smallest absolute Gasteiger partial charge is 0.0632 e. The highest BCUT2D eigenvalue weighted by Gasteiger charge is 2.19. The van der Waals surface area contributed by atoms with Crippen LogP contribution in [0.1, 0.15) is 44.4 Å². The van der Waals surface area contributed by atoms with Crippen molar-refractivity contribution in [1.29, 1.82) is 0 Å². The Morgan fingerprint density at radius 2 is 1.13 bits per heavy atom. The van der Waals surface area contributed by atoms with Gasteiger partial charge in [-0.3, -0.25) is 0 Å². The van der Waals surface area contributed by atoms with Crippen LogP contribution in [0.4, 0.5) is 0 Å². The van der Waals surface area contributed by atoms with Gasteiger partial charge in [0, 0.05) is 0 Å². The van der Waals surface area contributed by atoms with Crippen LogP contribution in [0.15, 0.2) is 18.2 Å². The van der Waals surface area contributed by atoms with Gasteiger partial charge in [0.1, 0.15) is 15.7 Å². The normalized spacial score (nSPS) is 12.9. The summed E-state index contributed by atoms with van der Waals surface area (Å²) < 4.78 is 0. The summed E-state index contributed by atoms with van der Waals surface area (Å²) in [6, 6.07) is 6.96. The first kappa shape index (κ1) is 12.4. The Hall–Kier alpha value is -0.650. The molecule has 0 amide bonds. The molecule has 0 heterocycles. The van der Waals surface area contributed by atoms with Crippen molar-refractivity contribution in [2.24, 2.45) is 0 Å². The molecule has 0 fully saturated rings. The third-order valence-corrected chi connectivity index (χ3v) is 2.81. The highest BCUT2D eigenvalue weighted by molar-refractivity contribution is 6.16. The Morgan fingerprint density at radius 3 is 1.40 bits per heavy atom. The molecule has 0 aliphatic carbocycles. The first-order valence-electron chi connectivity index (χ1n) is 5.73. The SMILES string of the molecule is BC(C)(C)c1cc(C)cc(C(B)(C)C)c1. The van der Waals surface area contributed by atoms with Crippen molar-refractivity contribution < 1.29 is 0 Å².